The van der Waals surface area contributed by atoms with E-state index in [4.69, 9.17) is 29.9 Å². The lowest BCUT2D eigenvalue weighted by molar-refractivity contribution is 0.0704. The Bertz CT molecular complexity index is 790. The number of phosphoric acid groups is 1. The SMILES string of the molecule is O=C(OCCl)N1CCC[C@H]1COP(=O)(OCc1ccccc1)OCc1ccccc1. The van der Waals surface area contributed by atoms with Crippen LogP contribution in [0, 0.1) is 0 Å². The summed E-state index contributed by atoms with van der Waals surface area (Å²) in [6.45, 7) is 0.702. The number of halogens is 1. The second-order valence-electron chi connectivity index (χ2n) is 6.77. The van der Waals surface area contributed by atoms with Crippen LogP contribution in [-0.4, -0.2) is 36.3 Å². The normalized spacial score (nSPS) is 16.6. The van der Waals surface area contributed by atoms with Gasteiger partial charge in [-0.25, -0.2) is 9.36 Å². The Morgan fingerprint density at radius 2 is 1.53 bits per heavy atom. The van der Waals surface area contributed by atoms with E-state index in [0.717, 1.165) is 17.5 Å². The molecule has 0 unspecified atom stereocenters. The molecule has 7 nitrogen and oxygen atoms in total. The molecular formula is C21H25ClNO6P. The summed E-state index contributed by atoms with van der Waals surface area (Å²) >= 11 is 5.49. The van der Waals surface area contributed by atoms with Crippen LogP contribution in [0.2, 0.25) is 0 Å². The molecule has 1 amide bonds. The minimum Gasteiger partial charge on any atom is -0.433 e. The van der Waals surface area contributed by atoms with E-state index in [-0.39, 0.29) is 31.9 Å². The molecular weight excluding hydrogens is 429 g/mol. The number of rotatable bonds is 10. The first kappa shape index (κ1) is 22.8. The average molecular weight is 454 g/mol. The summed E-state index contributed by atoms with van der Waals surface area (Å²) < 4.78 is 35.0. The molecule has 1 aliphatic heterocycles. The van der Waals surface area contributed by atoms with E-state index in [0.29, 0.717) is 13.0 Å². The largest absolute Gasteiger partial charge is 0.475 e. The number of hydrogen-bond acceptors (Lipinski definition) is 6. The molecule has 2 aromatic rings. The standard InChI is InChI=1S/C21H25ClNO6P/c22-17-26-21(24)23-13-7-12-20(23)16-29-30(25,27-14-18-8-3-1-4-9-18)28-15-19-10-5-2-6-11-19/h1-6,8-11,20H,7,12-17H2/t20-/m0/s1. The quantitative estimate of drug-likeness (QED) is 0.357. The maximum atomic E-state index is 13.3. The highest BCUT2D eigenvalue weighted by atomic mass is 35.5. The predicted octanol–water partition coefficient (Wildman–Crippen LogP) is 5.34. The van der Waals surface area contributed by atoms with Gasteiger partial charge in [0.05, 0.1) is 25.9 Å². The highest BCUT2D eigenvalue weighted by Crippen LogP contribution is 2.51. The minimum atomic E-state index is -3.88. The third kappa shape index (κ3) is 6.83. The van der Waals surface area contributed by atoms with Crippen molar-refractivity contribution in [3.63, 3.8) is 0 Å². The topological polar surface area (TPSA) is 74.3 Å². The number of carbonyl (C=O) groups is 1. The maximum Gasteiger partial charge on any atom is 0.475 e. The third-order valence-electron chi connectivity index (χ3n) is 4.68. The molecule has 1 heterocycles. The third-order valence-corrected chi connectivity index (χ3v) is 6.14. The van der Waals surface area contributed by atoms with E-state index in [1.165, 1.54) is 4.90 Å². The number of nitrogens with zero attached hydrogens (tertiary/aromatic N) is 1. The molecule has 0 N–H and O–H groups in total. The zero-order chi connectivity index (χ0) is 21.2. The van der Waals surface area contributed by atoms with Gasteiger partial charge < -0.3 is 9.64 Å². The Morgan fingerprint density at radius 3 is 2.07 bits per heavy atom. The molecule has 0 aromatic heterocycles. The summed E-state index contributed by atoms with van der Waals surface area (Å²) in [6.07, 6.45) is 0.988. The van der Waals surface area contributed by atoms with Gasteiger partial charge >= 0.3 is 13.9 Å². The first-order chi connectivity index (χ1) is 14.6. The van der Waals surface area contributed by atoms with E-state index >= 15 is 0 Å². The van der Waals surface area contributed by atoms with Crippen LogP contribution in [0.4, 0.5) is 4.79 Å². The monoisotopic (exact) mass is 453 g/mol. The number of alkyl halides is 1. The van der Waals surface area contributed by atoms with Gasteiger partial charge in [-0.05, 0) is 24.0 Å². The Hall–Kier alpha value is -1.89. The number of likely N-dealkylation sites (tertiary alicyclic amines) is 1. The fraction of sp³-hybridized carbons (Fsp3) is 0.381. The number of phosphoric ester groups is 1. The van der Waals surface area contributed by atoms with E-state index in [1.54, 1.807) is 0 Å². The second kappa shape index (κ2) is 11.5. The lowest BCUT2D eigenvalue weighted by Gasteiger charge is -2.25. The van der Waals surface area contributed by atoms with Crippen LogP contribution in [0.25, 0.3) is 0 Å². The zero-order valence-corrected chi connectivity index (χ0v) is 18.2. The summed E-state index contributed by atoms with van der Waals surface area (Å²) in [6, 6.07) is 18.2. The molecule has 0 saturated carbocycles. The molecule has 0 spiro atoms. The van der Waals surface area contributed by atoms with Crippen molar-refractivity contribution >= 4 is 25.5 Å². The predicted molar refractivity (Wildman–Crippen MR) is 113 cm³/mol. The maximum absolute atomic E-state index is 13.3. The van der Waals surface area contributed by atoms with Gasteiger partial charge in [0.1, 0.15) is 0 Å². The number of carbonyl (C=O) groups excluding carboxylic acids is 1. The molecule has 0 radical (unpaired) electrons. The van der Waals surface area contributed by atoms with Gasteiger partial charge in [0.2, 0.25) is 0 Å². The van der Waals surface area contributed by atoms with Gasteiger partial charge in [-0.3, -0.25) is 13.6 Å². The van der Waals surface area contributed by atoms with Crippen LogP contribution in [0.5, 0.6) is 0 Å². The van der Waals surface area contributed by atoms with Crippen molar-refractivity contribution in [3.8, 4) is 0 Å². The Balaban J connectivity index is 1.63. The van der Waals surface area contributed by atoms with Crippen LogP contribution in [-0.2, 0) is 36.1 Å². The van der Waals surface area contributed by atoms with E-state index in [9.17, 15) is 9.36 Å². The first-order valence-corrected chi connectivity index (χ1v) is 11.7. The molecule has 0 aliphatic carbocycles. The van der Waals surface area contributed by atoms with Crippen LogP contribution in [0.3, 0.4) is 0 Å². The minimum absolute atomic E-state index is 0.0121. The highest BCUT2D eigenvalue weighted by molar-refractivity contribution is 7.48. The fourth-order valence-electron chi connectivity index (χ4n) is 3.12. The Kier molecular flexibility index (Phi) is 8.73. The average Bonchev–Trinajstić information content (AvgIpc) is 3.26. The number of amides is 1. The zero-order valence-electron chi connectivity index (χ0n) is 16.5. The molecule has 9 heteroatoms. The molecule has 1 saturated heterocycles. The molecule has 2 aromatic carbocycles. The number of benzene rings is 2. The van der Waals surface area contributed by atoms with Crippen molar-refractivity contribution in [1.29, 1.82) is 0 Å². The van der Waals surface area contributed by atoms with Crippen LogP contribution >= 0.6 is 19.4 Å². The van der Waals surface area contributed by atoms with Crippen LogP contribution < -0.4 is 0 Å². The van der Waals surface area contributed by atoms with Gasteiger partial charge in [-0.1, -0.05) is 72.3 Å². The lowest BCUT2D eigenvalue weighted by Crippen LogP contribution is -2.38. The first-order valence-electron chi connectivity index (χ1n) is 9.70. The fourth-order valence-corrected chi connectivity index (χ4v) is 4.41. The molecule has 3 rings (SSSR count). The number of hydrogen-bond donors (Lipinski definition) is 0. The van der Waals surface area contributed by atoms with Gasteiger partial charge in [-0.15, -0.1) is 0 Å². The van der Waals surface area contributed by atoms with E-state index in [2.05, 4.69) is 0 Å². The van der Waals surface area contributed by atoms with Crippen molar-refractivity contribution < 1.29 is 27.7 Å². The Labute approximate surface area is 181 Å². The lowest BCUT2D eigenvalue weighted by atomic mass is 10.2. The summed E-state index contributed by atoms with van der Waals surface area (Å²) in [5, 5.41) is 0. The highest BCUT2D eigenvalue weighted by Gasteiger charge is 2.34. The van der Waals surface area contributed by atoms with Crippen molar-refractivity contribution in [2.75, 3.05) is 19.2 Å². The van der Waals surface area contributed by atoms with Gasteiger partial charge in [0, 0.05) is 6.54 Å². The van der Waals surface area contributed by atoms with Gasteiger partial charge in [-0.2, -0.15) is 0 Å². The summed E-state index contributed by atoms with van der Waals surface area (Å²) in [4.78, 5) is 13.6. The molecule has 0 bridgehead atoms. The molecule has 162 valence electrons. The van der Waals surface area contributed by atoms with Crippen molar-refractivity contribution in [3.05, 3.63) is 71.8 Å². The van der Waals surface area contributed by atoms with Crippen LogP contribution in [0.15, 0.2) is 60.7 Å². The second-order valence-corrected chi connectivity index (χ2v) is 8.66. The molecule has 1 aliphatic rings. The molecule has 1 atom stereocenters. The van der Waals surface area contributed by atoms with E-state index in [1.807, 2.05) is 60.7 Å². The van der Waals surface area contributed by atoms with Crippen molar-refractivity contribution in [1.82, 2.24) is 4.90 Å². The van der Waals surface area contributed by atoms with E-state index < -0.39 is 13.9 Å². The van der Waals surface area contributed by atoms with Crippen molar-refractivity contribution in [2.24, 2.45) is 0 Å². The molecule has 30 heavy (non-hydrogen) atoms. The number of ether oxygens (including phenoxy) is 1. The van der Waals surface area contributed by atoms with Gasteiger partial charge in [0.15, 0.2) is 6.07 Å². The molecule has 1 fully saturated rings. The van der Waals surface area contributed by atoms with Crippen molar-refractivity contribution in [2.45, 2.75) is 32.1 Å². The van der Waals surface area contributed by atoms with Gasteiger partial charge in [0.25, 0.3) is 0 Å². The summed E-state index contributed by atoms with van der Waals surface area (Å²) in [7, 11) is -3.88. The summed E-state index contributed by atoms with van der Waals surface area (Å²) in [5.74, 6) is 0. The summed E-state index contributed by atoms with van der Waals surface area (Å²) in [5.41, 5.74) is 1.69. The smallest absolute Gasteiger partial charge is 0.433 e. The van der Waals surface area contributed by atoms with Crippen LogP contribution in [0.1, 0.15) is 24.0 Å². The Morgan fingerprint density at radius 1 is 0.967 bits per heavy atom.